The van der Waals surface area contributed by atoms with Gasteiger partial charge >= 0.3 is 6.01 Å². The highest BCUT2D eigenvalue weighted by atomic mass is 16.5. The monoisotopic (exact) mass is 320 g/mol. The van der Waals surface area contributed by atoms with E-state index in [1.807, 2.05) is 0 Å². The van der Waals surface area contributed by atoms with Crippen LogP contribution in [0.1, 0.15) is 25.7 Å². The van der Waals surface area contributed by atoms with Crippen molar-refractivity contribution in [3.63, 3.8) is 0 Å². The Balaban J connectivity index is 1.33. The minimum absolute atomic E-state index is 0.0752. The lowest BCUT2D eigenvalue weighted by atomic mass is 10.1. The fraction of sp³-hybridized carbons (Fsp3) is 0.688. The average molecular weight is 320 g/mol. The molecule has 0 bridgehead atoms. The van der Waals surface area contributed by atoms with E-state index in [0.717, 1.165) is 45.4 Å². The van der Waals surface area contributed by atoms with Crippen LogP contribution in [0.3, 0.4) is 0 Å². The van der Waals surface area contributed by atoms with Crippen LogP contribution in [0.15, 0.2) is 18.5 Å². The lowest BCUT2D eigenvalue weighted by molar-refractivity contribution is -0.123. The third kappa shape index (κ3) is 5.14. The van der Waals surface area contributed by atoms with Crippen LogP contribution in [-0.2, 0) is 9.53 Å². The second-order valence-corrected chi connectivity index (χ2v) is 6.06. The van der Waals surface area contributed by atoms with E-state index >= 15 is 0 Å². The van der Waals surface area contributed by atoms with Crippen molar-refractivity contribution in [2.75, 3.05) is 32.8 Å². The first-order valence-electron chi connectivity index (χ1n) is 8.34. The van der Waals surface area contributed by atoms with Gasteiger partial charge in [0.2, 0.25) is 5.91 Å². The van der Waals surface area contributed by atoms with Crippen LogP contribution >= 0.6 is 0 Å². The highest BCUT2D eigenvalue weighted by Crippen LogP contribution is 2.15. The third-order valence-electron chi connectivity index (χ3n) is 4.27. The molecular weight excluding hydrogens is 296 g/mol. The van der Waals surface area contributed by atoms with Crippen molar-refractivity contribution in [1.82, 2.24) is 20.2 Å². The van der Waals surface area contributed by atoms with Crippen molar-refractivity contribution in [2.45, 2.75) is 37.9 Å². The topological polar surface area (TPSA) is 76.6 Å². The van der Waals surface area contributed by atoms with Crippen molar-refractivity contribution in [3.8, 4) is 6.01 Å². The molecule has 3 rings (SSSR count). The maximum Gasteiger partial charge on any atom is 0.316 e. The minimum Gasteiger partial charge on any atom is -0.460 e. The molecule has 1 atom stereocenters. The molecule has 0 radical (unpaired) electrons. The Morgan fingerprint density at radius 1 is 1.30 bits per heavy atom. The number of nitrogens with zero attached hydrogens (tertiary/aromatic N) is 3. The molecule has 0 aliphatic carbocycles. The number of amides is 1. The van der Waals surface area contributed by atoms with Gasteiger partial charge in [0.25, 0.3) is 0 Å². The van der Waals surface area contributed by atoms with Gasteiger partial charge in [-0.15, -0.1) is 0 Å². The molecule has 1 aromatic heterocycles. The summed E-state index contributed by atoms with van der Waals surface area (Å²) in [5, 5.41) is 2.97. The maximum absolute atomic E-state index is 12.0. The highest BCUT2D eigenvalue weighted by Gasteiger charge is 2.23. The molecule has 7 nitrogen and oxygen atoms in total. The Morgan fingerprint density at radius 3 is 2.78 bits per heavy atom. The summed E-state index contributed by atoms with van der Waals surface area (Å²) < 4.78 is 11.3. The van der Waals surface area contributed by atoms with Gasteiger partial charge in [-0.25, -0.2) is 9.97 Å². The number of hydrogen-bond acceptors (Lipinski definition) is 6. The van der Waals surface area contributed by atoms with Gasteiger partial charge in [-0.05, 0) is 31.7 Å². The second-order valence-electron chi connectivity index (χ2n) is 6.06. The van der Waals surface area contributed by atoms with E-state index in [4.69, 9.17) is 9.47 Å². The summed E-state index contributed by atoms with van der Waals surface area (Å²) in [7, 11) is 0. The molecule has 7 heteroatoms. The van der Waals surface area contributed by atoms with E-state index in [-0.39, 0.29) is 18.1 Å². The van der Waals surface area contributed by atoms with Crippen LogP contribution in [-0.4, -0.2) is 65.8 Å². The molecule has 2 fully saturated rings. The molecular formula is C16H24N4O3. The van der Waals surface area contributed by atoms with Gasteiger partial charge in [-0.1, -0.05) is 0 Å². The molecule has 1 amide bonds. The number of nitrogens with one attached hydrogen (secondary N) is 1. The number of carbonyl (C=O) groups is 1. The lowest BCUT2D eigenvalue weighted by Gasteiger charge is -2.31. The van der Waals surface area contributed by atoms with Crippen molar-refractivity contribution in [1.29, 1.82) is 0 Å². The predicted molar refractivity (Wildman–Crippen MR) is 84.1 cm³/mol. The number of likely N-dealkylation sites (tertiary alicyclic amines) is 1. The Hall–Kier alpha value is -1.73. The van der Waals surface area contributed by atoms with Crippen LogP contribution in [0, 0.1) is 0 Å². The van der Waals surface area contributed by atoms with Crippen LogP contribution < -0.4 is 10.1 Å². The fourth-order valence-corrected chi connectivity index (χ4v) is 2.97. The maximum atomic E-state index is 12.0. The van der Waals surface area contributed by atoms with Crippen LogP contribution in [0.4, 0.5) is 0 Å². The van der Waals surface area contributed by atoms with Crippen molar-refractivity contribution >= 4 is 5.91 Å². The zero-order valence-corrected chi connectivity index (χ0v) is 13.3. The molecule has 23 heavy (non-hydrogen) atoms. The van der Waals surface area contributed by atoms with Crippen LogP contribution in [0.2, 0.25) is 0 Å². The van der Waals surface area contributed by atoms with Crippen molar-refractivity contribution in [2.24, 2.45) is 0 Å². The molecule has 0 spiro atoms. The van der Waals surface area contributed by atoms with E-state index in [1.54, 1.807) is 18.5 Å². The lowest BCUT2D eigenvalue weighted by Crippen LogP contribution is -2.45. The Kier molecular flexibility index (Phi) is 5.76. The van der Waals surface area contributed by atoms with Gasteiger partial charge in [0.05, 0.1) is 12.6 Å². The summed E-state index contributed by atoms with van der Waals surface area (Å²) >= 11 is 0. The summed E-state index contributed by atoms with van der Waals surface area (Å²) in [6, 6.07) is 2.20. The first-order chi connectivity index (χ1) is 11.3. The van der Waals surface area contributed by atoms with Gasteiger partial charge in [0.15, 0.2) is 0 Å². The number of piperidine rings is 1. The van der Waals surface area contributed by atoms with Crippen LogP contribution in [0.25, 0.3) is 0 Å². The molecule has 126 valence electrons. The summed E-state index contributed by atoms with van der Waals surface area (Å²) in [5.74, 6) is 0.0752. The number of ether oxygens (including phenoxy) is 2. The largest absolute Gasteiger partial charge is 0.460 e. The van der Waals surface area contributed by atoms with Gasteiger partial charge in [-0.2, -0.15) is 0 Å². The average Bonchev–Trinajstić information content (AvgIpc) is 3.09. The zero-order chi connectivity index (χ0) is 15.9. The van der Waals surface area contributed by atoms with Crippen LogP contribution in [0.5, 0.6) is 6.01 Å². The molecule has 2 aliphatic heterocycles. The van der Waals surface area contributed by atoms with Crippen molar-refractivity contribution < 1.29 is 14.3 Å². The Labute approximate surface area is 136 Å². The summed E-state index contributed by atoms with van der Waals surface area (Å²) in [5.41, 5.74) is 0. The van der Waals surface area contributed by atoms with Gasteiger partial charge in [0, 0.05) is 38.6 Å². The summed E-state index contributed by atoms with van der Waals surface area (Å²) in [4.78, 5) is 22.3. The molecule has 0 aromatic carbocycles. The fourth-order valence-electron chi connectivity index (χ4n) is 2.97. The standard InChI is InChI=1S/C16H24N4O3/c21-15(19-11-14-3-1-10-22-14)12-20-8-4-13(5-9-20)23-16-17-6-2-7-18-16/h2,6-7,13-14H,1,3-5,8-12H2,(H,19,21). The summed E-state index contributed by atoms with van der Waals surface area (Å²) in [6.45, 7) is 3.60. The quantitative estimate of drug-likeness (QED) is 0.828. The molecule has 1 N–H and O–H groups in total. The Bertz CT molecular complexity index is 485. The van der Waals surface area contributed by atoms with Gasteiger partial charge in [-0.3, -0.25) is 9.69 Å². The number of hydrogen-bond donors (Lipinski definition) is 1. The number of aromatic nitrogens is 2. The smallest absolute Gasteiger partial charge is 0.316 e. The molecule has 1 aromatic rings. The highest BCUT2D eigenvalue weighted by molar-refractivity contribution is 5.78. The van der Waals surface area contributed by atoms with E-state index in [9.17, 15) is 4.79 Å². The first kappa shape index (κ1) is 16.1. The van der Waals surface area contributed by atoms with E-state index in [0.29, 0.717) is 19.1 Å². The molecule has 0 saturated carbocycles. The van der Waals surface area contributed by atoms with E-state index < -0.39 is 0 Å². The predicted octanol–water partition coefficient (Wildman–Crippen LogP) is 0.615. The Morgan fingerprint density at radius 2 is 2.09 bits per heavy atom. The first-order valence-corrected chi connectivity index (χ1v) is 8.34. The molecule has 2 aliphatic rings. The zero-order valence-electron chi connectivity index (χ0n) is 13.3. The second kappa shape index (κ2) is 8.21. The van der Waals surface area contributed by atoms with E-state index in [2.05, 4.69) is 20.2 Å². The van der Waals surface area contributed by atoms with Crippen molar-refractivity contribution in [3.05, 3.63) is 18.5 Å². The van der Waals surface area contributed by atoms with E-state index in [1.165, 1.54) is 0 Å². The molecule has 1 unspecified atom stereocenters. The third-order valence-corrected chi connectivity index (χ3v) is 4.27. The molecule has 3 heterocycles. The number of rotatable bonds is 6. The van der Waals surface area contributed by atoms with Gasteiger partial charge in [0.1, 0.15) is 6.10 Å². The minimum atomic E-state index is 0.0752. The summed E-state index contributed by atoms with van der Waals surface area (Å²) in [6.07, 6.45) is 7.59. The molecule has 2 saturated heterocycles. The normalized spacial score (nSPS) is 22.9. The number of carbonyl (C=O) groups excluding carboxylic acids is 1. The van der Waals surface area contributed by atoms with Gasteiger partial charge < -0.3 is 14.8 Å². The SMILES string of the molecule is O=C(CN1CCC(Oc2ncccn2)CC1)NCC1CCCO1.